The number of ether oxygens (including phenoxy) is 3. The van der Waals surface area contributed by atoms with Gasteiger partial charge in [-0.15, -0.1) is 0 Å². The highest BCUT2D eigenvalue weighted by atomic mass is 16.5. The molecule has 7 heteroatoms. The second kappa shape index (κ2) is 13.1. The zero-order valence-corrected chi connectivity index (χ0v) is 22.7. The first-order valence-electron chi connectivity index (χ1n) is 13.2. The molecule has 35 heavy (non-hydrogen) atoms. The lowest BCUT2D eigenvalue weighted by molar-refractivity contribution is 0.189. The van der Waals surface area contributed by atoms with Crippen molar-refractivity contribution in [3.05, 3.63) is 30.0 Å². The molecule has 7 nitrogen and oxygen atoms in total. The fourth-order valence-electron chi connectivity index (χ4n) is 4.66. The van der Waals surface area contributed by atoms with E-state index in [9.17, 15) is 0 Å². The van der Waals surface area contributed by atoms with Crippen molar-refractivity contribution >= 4 is 22.7 Å². The van der Waals surface area contributed by atoms with Gasteiger partial charge in [0.25, 0.3) is 0 Å². The smallest absolute Gasteiger partial charge is 0.210 e. The van der Waals surface area contributed by atoms with Crippen LogP contribution in [-0.4, -0.2) is 60.6 Å². The molecule has 1 aromatic carbocycles. The van der Waals surface area contributed by atoms with E-state index in [0.29, 0.717) is 31.0 Å². The molecule has 194 valence electrons. The Bertz CT molecular complexity index is 995. The van der Waals surface area contributed by atoms with E-state index in [0.717, 1.165) is 44.2 Å². The number of aryl methyl sites for hydroxylation is 1. The second-order valence-corrected chi connectivity index (χ2v) is 10.1. The standard InChI is InChI=1S/C28H44N4O3/c1-8-34-27-24(30-28(35-9-2)26(31-27)20(5)6)17-23(19(3)4)15-21-11-12-22-18-29-32(25(22)16-21)13-10-14-33-7/h11-12,16,18-20,23-24,26H,8-10,13-15,17H2,1-7H3/t23?,24-,26+/m0/s1. The first kappa shape index (κ1) is 27.2. The highest BCUT2D eigenvalue weighted by molar-refractivity contribution is 5.94. The number of benzene rings is 1. The van der Waals surface area contributed by atoms with E-state index in [2.05, 4.69) is 55.7 Å². The third kappa shape index (κ3) is 7.06. The molecule has 0 bridgehead atoms. The first-order chi connectivity index (χ1) is 16.9. The van der Waals surface area contributed by atoms with Gasteiger partial charge in [-0.3, -0.25) is 4.68 Å². The van der Waals surface area contributed by atoms with Gasteiger partial charge >= 0.3 is 0 Å². The normalized spacial score (nSPS) is 19.2. The Hall–Kier alpha value is -2.41. The number of nitrogens with zero attached hydrogens (tertiary/aromatic N) is 4. The SMILES string of the molecule is CCOC1=N[C@H](C(C)C)C(OCC)=N[C@H]1CC(Cc1ccc2cnn(CCCOC)c2c1)C(C)C. The molecular weight excluding hydrogens is 440 g/mol. The molecule has 3 atom stereocenters. The van der Waals surface area contributed by atoms with Gasteiger partial charge in [0.05, 0.1) is 24.9 Å². The van der Waals surface area contributed by atoms with Gasteiger partial charge in [-0.25, -0.2) is 9.98 Å². The Balaban J connectivity index is 1.82. The topological polar surface area (TPSA) is 70.2 Å². The summed E-state index contributed by atoms with van der Waals surface area (Å²) in [6, 6.07) is 6.54. The molecule has 0 amide bonds. The van der Waals surface area contributed by atoms with Gasteiger partial charge in [-0.1, -0.05) is 39.8 Å². The average molecular weight is 485 g/mol. The van der Waals surface area contributed by atoms with E-state index in [1.54, 1.807) is 7.11 Å². The molecule has 0 N–H and O–H groups in total. The van der Waals surface area contributed by atoms with Crippen LogP contribution < -0.4 is 0 Å². The molecule has 1 unspecified atom stereocenters. The Kier molecular flexibility index (Phi) is 10.1. The molecule has 0 saturated heterocycles. The van der Waals surface area contributed by atoms with Gasteiger partial charge in [0.2, 0.25) is 11.8 Å². The highest BCUT2D eigenvalue weighted by Gasteiger charge is 2.33. The molecule has 0 aliphatic carbocycles. The molecule has 0 spiro atoms. The third-order valence-corrected chi connectivity index (χ3v) is 6.70. The van der Waals surface area contributed by atoms with Crippen molar-refractivity contribution in [1.82, 2.24) is 9.78 Å². The van der Waals surface area contributed by atoms with E-state index in [1.807, 2.05) is 20.0 Å². The number of rotatable bonds is 12. The van der Waals surface area contributed by atoms with Crippen molar-refractivity contribution < 1.29 is 14.2 Å². The molecule has 0 fully saturated rings. The maximum absolute atomic E-state index is 6.01. The monoisotopic (exact) mass is 484 g/mol. The van der Waals surface area contributed by atoms with Crippen LogP contribution in [0.25, 0.3) is 10.9 Å². The van der Waals surface area contributed by atoms with E-state index < -0.39 is 0 Å². The van der Waals surface area contributed by atoms with E-state index >= 15 is 0 Å². The minimum atomic E-state index is -0.109. The molecule has 0 radical (unpaired) electrons. The summed E-state index contributed by atoms with van der Waals surface area (Å²) >= 11 is 0. The summed E-state index contributed by atoms with van der Waals surface area (Å²) in [6.45, 7) is 15.7. The fourth-order valence-corrected chi connectivity index (χ4v) is 4.66. The number of hydrogen-bond acceptors (Lipinski definition) is 6. The molecule has 2 aromatic rings. The van der Waals surface area contributed by atoms with Crippen LogP contribution >= 0.6 is 0 Å². The predicted octanol–water partition coefficient (Wildman–Crippen LogP) is 5.55. The van der Waals surface area contributed by atoms with Crippen LogP contribution in [0.15, 0.2) is 34.4 Å². The van der Waals surface area contributed by atoms with Gasteiger partial charge in [-0.2, -0.15) is 5.10 Å². The number of methoxy groups -OCH3 is 1. The molecule has 1 aliphatic rings. The maximum Gasteiger partial charge on any atom is 0.210 e. The second-order valence-electron chi connectivity index (χ2n) is 10.1. The molecule has 0 saturated carbocycles. The van der Waals surface area contributed by atoms with Gasteiger partial charge in [0.1, 0.15) is 12.1 Å². The number of fused-ring (bicyclic) bond motifs is 1. The lowest BCUT2D eigenvalue weighted by atomic mass is 9.83. The summed E-state index contributed by atoms with van der Waals surface area (Å²) in [5.74, 6) is 2.73. The van der Waals surface area contributed by atoms with Gasteiger partial charge in [0, 0.05) is 25.6 Å². The minimum Gasteiger partial charge on any atom is -0.480 e. The van der Waals surface area contributed by atoms with Crippen molar-refractivity contribution in [2.45, 2.75) is 79.4 Å². The van der Waals surface area contributed by atoms with Gasteiger partial charge < -0.3 is 14.2 Å². The summed E-state index contributed by atoms with van der Waals surface area (Å²) in [7, 11) is 1.74. The number of aliphatic imine (C=N–C) groups is 2. The van der Waals surface area contributed by atoms with E-state index in [-0.39, 0.29) is 12.1 Å². The first-order valence-corrected chi connectivity index (χ1v) is 13.2. The summed E-state index contributed by atoms with van der Waals surface area (Å²) in [4.78, 5) is 10.0. The fraction of sp³-hybridized carbons (Fsp3) is 0.679. The predicted molar refractivity (Wildman–Crippen MR) is 143 cm³/mol. The van der Waals surface area contributed by atoms with Gasteiger partial charge in [-0.05, 0) is 62.5 Å². The molecular formula is C28H44N4O3. The molecule has 1 aromatic heterocycles. The lowest BCUT2D eigenvalue weighted by Gasteiger charge is -2.31. The maximum atomic E-state index is 6.01. The van der Waals surface area contributed by atoms with Crippen LogP contribution in [-0.2, 0) is 27.2 Å². The quantitative estimate of drug-likeness (QED) is 0.370. The van der Waals surface area contributed by atoms with Crippen molar-refractivity contribution in [1.29, 1.82) is 0 Å². The van der Waals surface area contributed by atoms with Crippen molar-refractivity contribution in [2.75, 3.05) is 26.9 Å². The van der Waals surface area contributed by atoms with E-state index in [1.165, 1.54) is 16.5 Å². The minimum absolute atomic E-state index is 0.0777. The highest BCUT2D eigenvalue weighted by Crippen LogP contribution is 2.29. The van der Waals surface area contributed by atoms with Crippen molar-refractivity contribution in [3.8, 4) is 0 Å². The summed E-state index contributed by atoms with van der Waals surface area (Å²) in [5.41, 5.74) is 2.51. The third-order valence-electron chi connectivity index (χ3n) is 6.70. The van der Waals surface area contributed by atoms with Crippen LogP contribution in [0, 0.1) is 17.8 Å². The zero-order valence-electron chi connectivity index (χ0n) is 22.7. The van der Waals surface area contributed by atoms with Crippen LogP contribution in [0.4, 0.5) is 0 Å². The zero-order chi connectivity index (χ0) is 25.4. The van der Waals surface area contributed by atoms with Crippen LogP contribution in [0.1, 0.15) is 59.9 Å². The largest absolute Gasteiger partial charge is 0.480 e. The van der Waals surface area contributed by atoms with Crippen LogP contribution in [0.3, 0.4) is 0 Å². The number of aromatic nitrogens is 2. The Labute approximate surface area is 211 Å². The van der Waals surface area contributed by atoms with E-state index in [4.69, 9.17) is 24.2 Å². The van der Waals surface area contributed by atoms with Crippen molar-refractivity contribution in [2.24, 2.45) is 27.7 Å². The molecule has 2 heterocycles. The Morgan fingerprint density at radius 1 is 1.00 bits per heavy atom. The summed E-state index contributed by atoms with van der Waals surface area (Å²) in [6.07, 6.45) is 4.75. The van der Waals surface area contributed by atoms with Crippen LogP contribution in [0.2, 0.25) is 0 Å². The lowest BCUT2D eigenvalue weighted by Crippen LogP contribution is -2.39. The van der Waals surface area contributed by atoms with Crippen molar-refractivity contribution in [3.63, 3.8) is 0 Å². The van der Waals surface area contributed by atoms with Gasteiger partial charge in [0.15, 0.2) is 0 Å². The van der Waals surface area contributed by atoms with Crippen LogP contribution in [0.5, 0.6) is 0 Å². The molecule has 3 rings (SSSR count). The Morgan fingerprint density at radius 2 is 1.74 bits per heavy atom. The number of hydrogen-bond donors (Lipinski definition) is 0. The molecule has 1 aliphatic heterocycles. The average Bonchev–Trinajstić information content (AvgIpc) is 3.22. The Morgan fingerprint density at radius 3 is 2.40 bits per heavy atom. The summed E-state index contributed by atoms with van der Waals surface area (Å²) in [5, 5.41) is 5.77. The summed E-state index contributed by atoms with van der Waals surface area (Å²) < 4.78 is 19.2.